The predicted molar refractivity (Wildman–Crippen MR) is 234 cm³/mol. The first kappa shape index (κ1) is 32.8. The Labute approximate surface area is 322 Å². The highest BCUT2D eigenvalue weighted by Crippen LogP contribution is 2.40. The summed E-state index contributed by atoms with van der Waals surface area (Å²) in [4.78, 5) is 2.36. The van der Waals surface area contributed by atoms with Gasteiger partial charge in [0.05, 0.1) is 22.1 Å². The van der Waals surface area contributed by atoms with Crippen molar-refractivity contribution in [1.82, 2.24) is 9.13 Å². The molecule has 0 spiro atoms. The number of nitrogens with zero attached hydrogens (tertiary/aromatic N) is 3. The monoisotopic (exact) mass is 707 g/mol. The first-order valence-corrected chi connectivity index (χ1v) is 19.1. The smallest absolute Gasteiger partial charge is 0.0541 e. The minimum absolute atomic E-state index is 1.10. The standard InChI is InChI=1S/C52H41N3/c1-34-10-26-49-45(30-34)46-31-35(2)11-27-50(46)54(49)43-22-18-41(19-23-43)53(40-16-14-39(15-17-40)38-8-6-5-7-9-38)42-20-24-44(25-21-42)55-51-28-12-36(3)32-47(51)48-33-37(4)13-29-52(48)55/h5-33H,1-4H3. The van der Waals surface area contributed by atoms with Gasteiger partial charge in [-0.25, -0.2) is 0 Å². The van der Waals surface area contributed by atoms with Crippen LogP contribution in [0.1, 0.15) is 22.3 Å². The first-order valence-electron chi connectivity index (χ1n) is 19.1. The normalized spacial score (nSPS) is 11.6. The van der Waals surface area contributed by atoms with Crippen molar-refractivity contribution in [2.75, 3.05) is 4.90 Å². The molecule has 0 saturated carbocycles. The van der Waals surface area contributed by atoms with Gasteiger partial charge < -0.3 is 14.0 Å². The van der Waals surface area contributed by atoms with E-state index in [0.29, 0.717) is 0 Å². The lowest BCUT2D eigenvalue weighted by atomic mass is 10.0. The summed E-state index contributed by atoms with van der Waals surface area (Å²) in [7, 11) is 0. The largest absolute Gasteiger partial charge is 0.311 e. The van der Waals surface area contributed by atoms with Crippen molar-refractivity contribution in [2.24, 2.45) is 0 Å². The molecule has 2 heterocycles. The van der Waals surface area contributed by atoms with Gasteiger partial charge in [0.1, 0.15) is 0 Å². The molecule has 0 aliphatic rings. The molecule has 2 aromatic heterocycles. The highest BCUT2D eigenvalue weighted by Gasteiger charge is 2.18. The molecule has 0 amide bonds. The lowest BCUT2D eigenvalue weighted by molar-refractivity contribution is 1.16. The Bertz CT molecular complexity index is 2750. The van der Waals surface area contributed by atoms with E-state index >= 15 is 0 Å². The Morgan fingerprint density at radius 3 is 0.964 bits per heavy atom. The summed E-state index contributed by atoms with van der Waals surface area (Å²) in [5.74, 6) is 0. The lowest BCUT2D eigenvalue weighted by Gasteiger charge is -2.26. The van der Waals surface area contributed by atoms with Crippen molar-refractivity contribution in [3.8, 4) is 22.5 Å². The van der Waals surface area contributed by atoms with E-state index in [2.05, 4.69) is 218 Å². The fourth-order valence-corrected chi connectivity index (χ4v) is 8.44. The average molecular weight is 708 g/mol. The van der Waals surface area contributed by atoms with Crippen LogP contribution < -0.4 is 4.90 Å². The van der Waals surface area contributed by atoms with Crippen LogP contribution in [0.4, 0.5) is 17.1 Å². The molecule has 0 unspecified atom stereocenters. The van der Waals surface area contributed by atoms with Crippen molar-refractivity contribution >= 4 is 60.7 Å². The zero-order chi connectivity index (χ0) is 37.2. The second-order valence-corrected chi connectivity index (χ2v) is 15.0. The molecule has 0 atom stereocenters. The van der Waals surface area contributed by atoms with Gasteiger partial charge in [0.25, 0.3) is 0 Å². The highest BCUT2D eigenvalue weighted by molar-refractivity contribution is 6.10. The summed E-state index contributed by atoms with van der Waals surface area (Å²) in [6, 6.07) is 64.7. The van der Waals surface area contributed by atoms with Crippen LogP contribution >= 0.6 is 0 Å². The van der Waals surface area contributed by atoms with E-state index in [0.717, 1.165) is 28.4 Å². The predicted octanol–water partition coefficient (Wildman–Crippen LogP) is 14.3. The molecular formula is C52H41N3. The molecular weight excluding hydrogens is 667 g/mol. The van der Waals surface area contributed by atoms with Crippen molar-refractivity contribution < 1.29 is 0 Å². The van der Waals surface area contributed by atoms with Crippen LogP contribution in [0.3, 0.4) is 0 Å². The second kappa shape index (κ2) is 12.9. The number of benzene rings is 8. The van der Waals surface area contributed by atoms with Crippen molar-refractivity contribution in [1.29, 1.82) is 0 Å². The molecule has 0 aliphatic carbocycles. The molecule has 0 N–H and O–H groups in total. The van der Waals surface area contributed by atoms with Gasteiger partial charge in [-0.1, -0.05) is 89.0 Å². The molecule has 0 aliphatic heterocycles. The van der Waals surface area contributed by atoms with Crippen LogP contribution in [0, 0.1) is 27.7 Å². The topological polar surface area (TPSA) is 13.1 Å². The van der Waals surface area contributed by atoms with Gasteiger partial charge in [0.15, 0.2) is 0 Å². The summed E-state index contributed by atoms with van der Waals surface area (Å²) in [5, 5.41) is 5.15. The summed E-state index contributed by atoms with van der Waals surface area (Å²) >= 11 is 0. The molecule has 55 heavy (non-hydrogen) atoms. The van der Waals surface area contributed by atoms with E-state index in [9.17, 15) is 0 Å². The van der Waals surface area contributed by atoms with Crippen LogP contribution in [-0.4, -0.2) is 9.13 Å². The minimum Gasteiger partial charge on any atom is -0.311 e. The Balaban J connectivity index is 1.09. The summed E-state index contributed by atoms with van der Waals surface area (Å²) in [6.45, 7) is 8.69. The van der Waals surface area contributed by atoms with E-state index in [4.69, 9.17) is 0 Å². The molecule has 0 radical (unpaired) electrons. The van der Waals surface area contributed by atoms with Gasteiger partial charge in [0, 0.05) is 50.0 Å². The third kappa shape index (κ3) is 5.59. The number of aryl methyl sites for hydroxylation is 4. The maximum Gasteiger partial charge on any atom is 0.0541 e. The molecule has 0 fully saturated rings. The van der Waals surface area contributed by atoms with Crippen LogP contribution in [0.15, 0.2) is 176 Å². The third-order valence-corrected chi connectivity index (χ3v) is 11.1. The number of fused-ring (bicyclic) bond motifs is 6. The van der Waals surface area contributed by atoms with Crippen LogP contribution in [0.2, 0.25) is 0 Å². The zero-order valence-corrected chi connectivity index (χ0v) is 31.6. The molecule has 3 nitrogen and oxygen atoms in total. The molecule has 10 rings (SSSR count). The van der Waals surface area contributed by atoms with Crippen LogP contribution in [-0.2, 0) is 0 Å². The van der Waals surface area contributed by atoms with Crippen LogP contribution in [0.5, 0.6) is 0 Å². The molecule has 264 valence electrons. The van der Waals surface area contributed by atoms with E-state index in [1.165, 1.54) is 77.0 Å². The third-order valence-electron chi connectivity index (χ3n) is 11.1. The molecule has 0 saturated heterocycles. The second-order valence-electron chi connectivity index (χ2n) is 15.0. The lowest BCUT2D eigenvalue weighted by Crippen LogP contribution is -2.10. The Morgan fingerprint density at radius 1 is 0.309 bits per heavy atom. The van der Waals surface area contributed by atoms with Crippen LogP contribution in [0.25, 0.3) is 66.1 Å². The number of hydrogen-bond acceptors (Lipinski definition) is 1. The summed E-state index contributed by atoms with van der Waals surface area (Å²) in [6.07, 6.45) is 0. The molecule has 0 bridgehead atoms. The van der Waals surface area contributed by atoms with E-state index in [-0.39, 0.29) is 0 Å². The van der Waals surface area contributed by atoms with Crippen molar-refractivity contribution in [3.63, 3.8) is 0 Å². The first-order chi connectivity index (χ1) is 26.9. The van der Waals surface area contributed by atoms with Gasteiger partial charge in [0.2, 0.25) is 0 Å². The number of anilines is 3. The molecule has 8 aromatic carbocycles. The number of rotatable bonds is 6. The zero-order valence-electron chi connectivity index (χ0n) is 31.6. The Kier molecular flexibility index (Phi) is 7.71. The van der Waals surface area contributed by atoms with Gasteiger partial charge in [-0.05, 0) is 148 Å². The van der Waals surface area contributed by atoms with Gasteiger partial charge in [-0.2, -0.15) is 0 Å². The van der Waals surface area contributed by atoms with E-state index < -0.39 is 0 Å². The SMILES string of the molecule is Cc1ccc2c(c1)c1cc(C)ccc1n2-c1ccc(N(c2ccc(-c3ccccc3)cc2)c2ccc(-n3c4ccc(C)cc4c4cc(C)ccc43)cc2)cc1. The summed E-state index contributed by atoms with van der Waals surface area (Å²) < 4.78 is 4.80. The average Bonchev–Trinajstić information content (AvgIpc) is 3.70. The molecule has 3 heteroatoms. The van der Waals surface area contributed by atoms with Gasteiger partial charge >= 0.3 is 0 Å². The number of aromatic nitrogens is 2. The summed E-state index contributed by atoms with van der Waals surface area (Å²) in [5.41, 5.74) is 18.0. The minimum atomic E-state index is 1.10. The fraction of sp³-hybridized carbons (Fsp3) is 0.0769. The van der Waals surface area contributed by atoms with Gasteiger partial charge in [-0.3, -0.25) is 0 Å². The van der Waals surface area contributed by atoms with E-state index in [1.54, 1.807) is 0 Å². The van der Waals surface area contributed by atoms with Gasteiger partial charge in [-0.15, -0.1) is 0 Å². The maximum atomic E-state index is 2.40. The fourth-order valence-electron chi connectivity index (χ4n) is 8.44. The molecule has 10 aromatic rings. The highest BCUT2D eigenvalue weighted by atomic mass is 15.1. The van der Waals surface area contributed by atoms with Crippen molar-refractivity contribution in [2.45, 2.75) is 27.7 Å². The van der Waals surface area contributed by atoms with Crippen molar-refractivity contribution in [3.05, 3.63) is 198 Å². The quantitative estimate of drug-likeness (QED) is 0.168. The van der Waals surface area contributed by atoms with E-state index in [1.807, 2.05) is 0 Å². The Morgan fingerprint density at radius 2 is 0.618 bits per heavy atom. The number of hydrogen-bond donors (Lipinski definition) is 0. The maximum absolute atomic E-state index is 2.40. The Hall–Kier alpha value is -6.84.